The van der Waals surface area contributed by atoms with Gasteiger partial charge in [-0.1, -0.05) is 49.1 Å². The second kappa shape index (κ2) is 7.49. The van der Waals surface area contributed by atoms with Gasteiger partial charge in [-0.3, -0.25) is 4.79 Å². The number of carbonyl (C=O) groups is 1. The molecule has 0 saturated heterocycles. The second-order valence-electron chi connectivity index (χ2n) is 5.27. The molecular formula is C17H22ClNO. The summed E-state index contributed by atoms with van der Waals surface area (Å²) >= 11 is 6.09. The normalized spacial score (nSPS) is 16.5. The summed E-state index contributed by atoms with van der Waals surface area (Å²) < 4.78 is 0. The summed E-state index contributed by atoms with van der Waals surface area (Å²) in [5.41, 5.74) is 0.891. The summed E-state index contributed by atoms with van der Waals surface area (Å²) in [6.07, 6.45) is 9.53. The Morgan fingerprint density at radius 1 is 1.30 bits per heavy atom. The summed E-state index contributed by atoms with van der Waals surface area (Å²) in [7, 11) is 0. The first-order chi connectivity index (χ1) is 9.72. The smallest absolute Gasteiger partial charge is 0.246 e. The molecule has 0 N–H and O–H groups in total. The number of hydrogen-bond donors (Lipinski definition) is 0. The Hall–Kier alpha value is -1.28. The molecule has 2 nitrogen and oxygen atoms in total. The molecule has 3 heteroatoms. The molecule has 0 aromatic heterocycles. The van der Waals surface area contributed by atoms with Crippen molar-refractivity contribution in [3.05, 3.63) is 40.9 Å². The third-order valence-corrected chi connectivity index (χ3v) is 4.29. The Balaban J connectivity index is 2.03. The van der Waals surface area contributed by atoms with Crippen LogP contribution < -0.4 is 0 Å². The molecule has 1 saturated carbocycles. The second-order valence-corrected chi connectivity index (χ2v) is 5.68. The lowest BCUT2D eigenvalue weighted by atomic mass is 9.94. The van der Waals surface area contributed by atoms with E-state index in [2.05, 4.69) is 6.92 Å². The van der Waals surface area contributed by atoms with Crippen molar-refractivity contribution < 1.29 is 4.79 Å². The Bertz CT molecular complexity index is 478. The van der Waals surface area contributed by atoms with E-state index in [1.165, 1.54) is 19.3 Å². The average molecular weight is 292 g/mol. The zero-order valence-electron chi connectivity index (χ0n) is 12.0. The molecule has 1 amide bonds. The van der Waals surface area contributed by atoms with Gasteiger partial charge in [0, 0.05) is 23.7 Å². The fourth-order valence-corrected chi connectivity index (χ4v) is 3.05. The molecule has 1 aliphatic carbocycles. The average Bonchev–Trinajstić information content (AvgIpc) is 2.48. The maximum Gasteiger partial charge on any atom is 0.246 e. The van der Waals surface area contributed by atoms with Crippen LogP contribution in [-0.4, -0.2) is 23.4 Å². The molecule has 0 radical (unpaired) electrons. The number of halogens is 1. The Morgan fingerprint density at radius 2 is 2.00 bits per heavy atom. The van der Waals surface area contributed by atoms with E-state index in [4.69, 9.17) is 11.6 Å². The van der Waals surface area contributed by atoms with Crippen molar-refractivity contribution in [2.45, 2.75) is 45.1 Å². The summed E-state index contributed by atoms with van der Waals surface area (Å²) in [5, 5.41) is 0.678. The molecule has 108 valence electrons. The molecule has 1 aromatic carbocycles. The van der Waals surface area contributed by atoms with Crippen LogP contribution in [0.15, 0.2) is 30.3 Å². The Labute approximate surface area is 126 Å². The quantitative estimate of drug-likeness (QED) is 0.746. The minimum Gasteiger partial charge on any atom is -0.336 e. The summed E-state index contributed by atoms with van der Waals surface area (Å²) in [4.78, 5) is 14.3. The summed E-state index contributed by atoms with van der Waals surface area (Å²) in [5.74, 6) is 0.0966. The molecule has 0 atom stereocenters. The van der Waals surface area contributed by atoms with Crippen LogP contribution in [0.3, 0.4) is 0 Å². The first kappa shape index (κ1) is 15.1. The standard InChI is InChI=1S/C17H22ClNO/c1-2-19(15-9-4-3-5-10-15)17(20)13-12-14-8-6-7-11-16(14)18/h6-8,11-13,15H,2-5,9-10H2,1H3/b13-12+. The van der Waals surface area contributed by atoms with Crippen LogP contribution in [0.2, 0.25) is 5.02 Å². The van der Waals surface area contributed by atoms with Gasteiger partial charge in [0.2, 0.25) is 5.91 Å². The van der Waals surface area contributed by atoms with Crippen LogP contribution in [0.5, 0.6) is 0 Å². The number of carbonyl (C=O) groups excluding carboxylic acids is 1. The van der Waals surface area contributed by atoms with Gasteiger partial charge in [0.25, 0.3) is 0 Å². The number of rotatable bonds is 4. The largest absolute Gasteiger partial charge is 0.336 e. The monoisotopic (exact) mass is 291 g/mol. The zero-order valence-corrected chi connectivity index (χ0v) is 12.8. The number of benzene rings is 1. The lowest BCUT2D eigenvalue weighted by molar-refractivity contribution is -0.128. The topological polar surface area (TPSA) is 20.3 Å². The third-order valence-electron chi connectivity index (χ3n) is 3.95. The van der Waals surface area contributed by atoms with Crippen LogP contribution >= 0.6 is 11.6 Å². The van der Waals surface area contributed by atoms with Crippen LogP contribution in [0.25, 0.3) is 6.08 Å². The van der Waals surface area contributed by atoms with E-state index in [1.807, 2.05) is 35.2 Å². The highest BCUT2D eigenvalue weighted by molar-refractivity contribution is 6.32. The van der Waals surface area contributed by atoms with E-state index in [0.29, 0.717) is 11.1 Å². The number of amides is 1. The SMILES string of the molecule is CCN(C(=O)/C=C/c1ccccc1Cl)C1CCCCC1. The molecule has 0 heterocycles. The van der Waals surface area contributed by atoms with Gasteiger partial charge in [-0.2, -0.15) is 0 Å². The zero-order chi connectivity index (χ0) is 14.4. The molecule has 0 bridgehead atoms. The van der Waals surface area contributed by atoms with Crippen LogP contribution in [0.1, 0.15) is 44.6 Å². The minimum atomic E-state index is 0.0966. The van der Waals surface area contributed by atoms with Gasteiger partial charge in [-0.05, 0) is 37.5 Å². The fourth-order valence-electron chi connectivity index (χ4n) is 2.85. The molecular weight excluding hydrogens is 270 g/mol. The van der Waals surface area contributed by atoms with Gasteiger partial charge in [0.05, 0.1) is 0 Å². The van der Waals surface area contributed by atoms with Crippen molar-refractivity contribution in [1.29, 1.82) is 0 Å². The molecule has 0 spiro atoms. The maximum atomic E-state index is 12.4. The summed E-state index contributed by atoms with van der Waals surface area (Å²) in [6.45, 7) is 2.83. The first-order valence-corrected chi connectivity index (χ1v) is 7.83. The molecule has 0 aliphatic heterocycles. The molecule has 1 aromatic rings. The van der Waals surface area contributed by atoms with E-state index >= 15 is 0 Å². The summed E-state index contributed by atoms with van der Waals surface area (Å²) in [6, 6.07) is 7.99. The van der Waals surface area contributed by atoms with Gasteiger partial charge in [0.15, 0.2) is 0 Å². The lowest BCUT2D eigenvalue weighted by Crippen LogP contribution is -2.40. The van der Waals surface area contributed by atoms with E-state index in [0.717, 1.165) is 24.9 Å². The maximum absolute atomic E-state index is 12.4. The number of nitrogens with zero attached hydrogens (tertiary/aromatic N) is 1. The van der Waals surface area contributed by atoms with E-state index in [-0.39, 0.29) is 5.91 Å². The molecule has 2 rings (SSSR count). The molecule has 0 unspecified atom stereocenters. The van der Waals surface area contributed by atoms with Gasteiger partial charge < -0.3 is 4.90 Å². The van der Waals surface area contributed by atoms with Gasteiger partial charge >= 0.3 is 0 Å². The minimum absolute atomic E-state index is 0.0966. The van der Waals surface area contributed by atoms with Crippen molar-refractivity contribution in [1.82, 2.24) is 4.90 Å². The van der Waals surface area contributed by atoms with Crippen LogP contribution in [0.4, 0.5) is 0 Å². The van der Waals surface area contributed by atoms with Crippen molar-refractivity contribution in [3.8, 4) is 0 Å². The van der Waals surface area contributed by atoms with E-state index in [1.54, 1.807) is 6.08 Å². The van der Waals surface area contributed by atoms with Crippen LogP contribution in [0, 0.1) is 0 Å². The van der Waals surface area contributed by atoms with Crippen molar-refractivity contribution in [2.75, 3.05) is 6.54 Å². The highest BCUT2D eigenvalue weighted by atomic mass is 35.5. The highest BCUT2D eigenvalue weighted by Gasteiger charge is 2.22. The first-order valence-electron chi connectivity index (χ1n) is 7.45. The Kier molecular flexibility index (Phi) is 5.66. The van der Waals surface area contributed by atoms with Gasteiger partial charge in [-0.25, -0.2) is 0 Å². The predicted molar refractivity (Wildman–Crippen MR) is 84.7 cm³/mol. The third kappa shape index (κ3) is 3.86. The molecule has 1 fully saturated rings. The van der Waals surface area contributed by atoms with Crippen molar-refractivity contribution >= 4 is 23.6 Å². The predicted octanol–water partition coefficient (Wildman–Crippen LogP) is 4.53. The fraction of sp³-hybridized carbons (Fsp3) is 0.471. The van der Waals surface area contributed by atoms with E-state index in [9.17, 15) is 4.79 Å². The highest BCUT2D eigenvalue weighted by Crippen LogP contribution is 2.23. The molecule has 20 heavy (non-hydrogen) atoms. The number of hydrogen-bond acceptors (Lipinski definition) is 1. The van der Waals surface area contributed by atoms with Crippen molar-refractivity contribution in [2.24, 2.45) is 0 Å². The van der Waals surface area contributed by atoms with Crippen LogP contribution in [-0.2, 0) is 4.79 Å². The van der Waals surface area contributed by atoms with Gasteiger partial charge in [0.1, 0.15) is 0 Å². The Morgan fingerprint density at radius 3 is 2.65 bits per heavy atom. The van der Waals surface area contributed by atoms with E-state index < -0.39 is 0 Å². The number of likely N-dealkylation sites (N-methyl/N-ethyl adjacent to an activating group) is 1. The van der Waals surface area contributed by atoms with Gasteiger partial charge in [-0.15, -0.1) is 0 Å². The molecule has 1 aliphatic rings. The van der Waals surface area contributed by atoms with Crippen molar-refractivity contribution in [3.63, 3.8) is 0 Å². The lowest BCUT2D eigenvalue weighted by Gasteiger charge is -2.32.